The molecule has 5 heteroatoms. The molecule has 1 N–H and O–H groups in total. The van der Waals surface area contributed by atoms with Gasteiger partial charge in [-0.25, -0.2) is 4.79 Å². The molecule has 0 bridgehead atoms. The molecule has 0 unspecified atom stereocenters. The second-order valence-corrected chi connectivity index (χ2v) is 8.08. The topological polar surface area (TPSA) is 45.5 Å². The first-order valence-electron chi connectivity index (χ1n) is 9.82. The van der Waals surface area contributed by atoms with Crippen LogP contribution < -0.4 is 0 Å². The third-order valence-corrected chi connectivity index (χ3v) is 6.14. The van der Waals surface area contributed by atoms with Crippen LogP contribution in [0.3, 0.4) is 0 Å². The summed E-state index contributed by atoms with van der Waals surface area (Å²) in [6.45, 7) is 7.18. The van der Waals surface area contributed by atoms with Gasteiger partial charge in [0, 0.05) is 17.6 Å². The molecule has 4 nitrogen and oxygen atoms in total. The molecule has 0 spiro atoms. The molecule has 4 rings (SSSR count). The Balaban J connectivity index is 1.87. The number of rotatable bonds is 4. The maximum atomic E-state index is 11.5. The van der Waals surface area contributed by atoms with Gasteiger partial charge in [0.25, 0.3) is 0 Å². The van der Waals surface area contributed by atoms with Crippen LogP contribution >= 0.6 is 11.6 Å². The number of nitrogens with zero attached hydrogens (tertiary/aromatic N) is 2. The minimum absolute atomic E-state index is 0.247. The highest BCUT2D eigenvalue weighted by Crippen LogP contribution is 2.34. The molecular formula is C23H25ClN2O2. The van der Waals surface area contributed by atoms with Crippen molar-refractivity contribution in [3.63, 3.8) is 0 Å². The lowest BCUT2D eigenvalue weighted by Gasteiger charge is -2.26. The molecule has 0 radical (unpaired) electrons. The Labute approximate surface area is 170 Å². The summed E-state index contributed by atoms with van der Waals surface area (Å²) in [5.74, 6) is -0.953. The van der Waals surface area contributed by atoms with Gasteiger partial charge >= 0.3 is 5.97 Å². The number of carboxylic acid groups (broad SMARTS) is 1. The van der Waals surface area contributed by atoms with E-state index in [4.69, 9.17) is 11.6 Å². The molecule has 2 heterocycles. The number of hydrogen-bond acceptors (Lipinski definition) is 2. The Kier molecular flexibility index (Phi) is 5.17. The predicted molar refractivity (Wildman–Crippen MR) is 114 cm³/mol. The summed E-state index contributed by atoms with van der Waals surface area (Å²) >= 11 is 6.56. The average Bonchev–Trinajstić information content (AvgIpc) is 2.96. The normalized spacial score (nSPS) is 15.2. The number of hydrogen-bond donors (Lipinski definition) is 1. The zero-order valence-electron chi connectivity index (χ0n) is 16.3. The fourth-order valence-corrected chi connectivity index (χ4v) is 4.60. The summed E-state index contributed by atoms with van der Waals surface area (Å²) in [5, 5.41) is 11.1. The van der Waals surface area contributed by atoms with Gasteiger partial charge in [0.15, 0.2) is 0 Å². The number of likely N-dealkylation sites (tertiary alicyclic amines) is 1. The summed E-state index contributed by atoms with van der Waals surface area (Å²) in [5.41, 5.74) is 5.39. The molecule has 0 aliphatic carbocycles. The van der Waals surface area contributed by atoms with Gasteiger partial charge in [0.1, 0.15) is 0 Å². The summed E-state index contributed by atoms with van der Waals surface area (Å²) < 4.78 is 2.18. The van der Waals surface area contributed by atoms with Crippen LogP contribution in [-0.2, 0) is 6.54 Å². The van der Waals surface area contributed by atoms with E-state index in [9.17, 15) is 9.90 Å². The van der Waals surface area contributed by atoms with Crippen molar-refractivity contribution in [1.82, 2.24) is 9.47 Å². The van der Waals surface area contributed by atoms with Crippen molar-refractivity contribution >= 4 is 28.5 Å². The molecule has 28 heavy (non-hydrogen) atoms. The molecule has 1 aliphatic rings. The zero-order chi connectivity index (χ0) is 19.8. The van der Waals surface area contributed by atoms with Gasteiger partial charge in [-0.2, -0.15) is 0 Å². The van der Waals surface area contributed by atoms with Crippen molar-refractivity contribution in [2.75, 3.05) is 13.1 Å². The van der Waals surface area contributed by atoms with E-state index in [1.807, 2.05) is 19.1 Å². The van der Waals surface area contributed by atoms with Crippen molar-refractivity contribution in [2.45, 2.75) is 39.7 Å². The zero-order valence-corrected chi connectivity index (χ0v) is 17.1. The van der Waals surface area contributed by atoms with E-state index in [0.29, 0.717) is 10.6 Å². The van der Waals surface area contributed by atoms with Gasteiger partial charge in [0.2, 0.25) is 0 Å². The van der Waals surface area contributed by atoms with Crippen LogP contribution in [0.4, 0.5) is 0 Å². The van der Waals surface area contributed by atoms with Crippen LogP contribution in [0.15, 0.2) is 36.4 Å². The number of carbonyl (C=O) groups is 1. The maximum Gasteiger partial charge on any atom is 0.336 e. The number of piperidine rings is 1. The van der Waals surface area contributed by atoms with E-state index in [-0.39, 0.29) is 5.56 Å². The molecule has 0 atom stereocenters. The van der Waals surface area contributed by atoms with Crippen molar-refractivity contribution in [1.29, 1.82) is 0 Å². The Morgan fingerprint density at radius 1 is 1.11 bits per heavy atom. The molecule has 1 aliphatic heterocycles. The number of aromatic nitrogens is 1. The lowest BCUT2D eigenvalue weighted by atomic mass is 10.1. The van der Waals surface area contributed by atoms with Gasteiger partial charge in [0.05, 0.1) is 21.8 Å². The van der Waals surface area contributed by atoms with Gasteiger partial charge in [-0.1, -0.05) is 36.2 Å². The van der Waals surface area contributed by atoms with E-state index in [1.54, 1.807) is 6.07 Å². The fourth-order valence-electron chi connectivity index (χ4n) is 4.35. The summed E-state index contributed by atoms with van der Waals surface area (Å²) in [7, 11) is 0. The average molecular weight is 397 g/mol. The number of benzene rings is 2. The van der Waals surface area contributed by atoms with Gasteiger partial charge in [-0.05, 0) is 69.1 Å². The second kappa shape index (κ2) is 7.61. The van der Waals surface area contributed by atoms with Crippen molar-refractivity contribution in [3.05, 3.63) is 63.8 Å². The number of aromatic carboxylic acids is 1. The number of aryl methyl sites for hydroxylation is 1. The summed E-state index contributed by atoms with van der Waals surface area (Å²) in [6.07, 6.45) is 3.85. The molecule has 1 fully saturated rings. The number of para-hydroxylation sites is 1. The van der Waals surface area contributed by atoms with Crippen molar-refractivity contribution < 1.29 is 9.90 Å². The first-order valence-corrected chi connectivity index (χ1v) is 10.2. The van der Waals surface area contributed by atoms with Gasteiger partial charge in [-0.3, -0.25) is 4.90 Å². The van der Waals surface area contributed by atoms with E-state index in [0.717, 1.165) is 36.5 Å². The van der Waals surface area contributed by atoms with Crippen LogP contribution in [0.1, 0.15) is 46.4 Å². The van der Waals surface area contributed by atoms with E-state index < -0.39 is 5.97 Å². The van der Waals surface area contributed by atoms with E-state index in [2.05, 4.69) is 34.6 Å². The molecule has 0 saturated carbocycles. The first kappa shape index (κ1) is 19.0. The predicted octanol–water partition coefficient (Wildman–Crippen LogP) is 5.58. The molecule has 3 aromatic rings. The quantitative estimate of drug-likeness (QED) is 0.625. The summed E-state index contributed by atoms with van der Waals surface area (Å²) in [6, 6.07) is 11.8. The van der Waals surface area contributed by atoms with Crippen molar-refractivity contribution in [2.24, 2.45) is 0 Å². The minimum Gasteiger partial charge on any atom is -0.478 e. The smallest absolute Gasteiger partial charge is 0.336 e. The molecule has 146 valence electrons. The van der Waals surface area contributed by atoms with Crippen LogP contribution in [-0.4, -0.2) is 33.6 Å². The van der Waals surface area contributed by atoms with Crippen LogP contribution in [0.5, 0.6) is 0 Å². The minimum atomic E-state index is -0.953. The van der Waals surface area contributed by atoms with E-state index in [1.165, 1.54) is 30.2 Å². The fraction of sp³-hybridized carbons (Fsp3) is 0.348. The van der Waals surface area contributed by atoms with Crippen LogP contribution in [0.25, 0.3) is 16.6 Å². The Morgan fingerprint density at radius 2 is 1.82 bits per heavy atom. The molecule has 2 aromatic carbocycles. The lowest BCUT2D eigenvalue weighted by molar-refractivity contribution is 0.0696. The molecular weight excluding hydrogens is 372 g/mol. The Hall–Kier alpha value is -2.30. The van der Waals surface area contributed by atoms with Gasteiger partial charge < -0.3 is 9.67 Å². The largest absolute Gasteiger partial charge is 0.478 e. The lowest BCUT2D eigenvalue weighted by Crippen LogP contribution is -2.29. The Bertz CT molecular complexity index is 1050. The molecule has 1 saturated heterocycles. The monoisotopic (exact) mass is 396 g/mol. The van der Waals surface area contributed by atoms with Crippen LogP contribution in [0, 0.1) is 13.8 Å². The highest BCUT2D eigenvalue weighted by Gasteiger charge is 2.21. The number of fused-ring (bicyclic) bond motifs is 1. The highest BCUT2D eigenvalue weighted by atomic mass is 35.5. The van der Waals surface area contributed by atoms with Crippen LogP contribution in [0.2, 0.25) is 5.02 Å². The van der Waals surface area contributed by atoms with Crippen molar-refractivity contribution in [3.8, 4) is 5.69 Å². The summed E-state index contributed by atoms with van der Waals surface area (Å²) in [4.78, 5) is 14.0. The molecule has 0 amide bonds. The Morgan fingerprint density at radius 3 is 2.54 bits per heavy atom. The van der Waals surface area contributed by atoms with Gasteiger partial charge in [-0.15, -0.1) is 0 Å². The standard InChI is InChI=1S/C23H25ClN2O2/c1-15-12-22(20(24)13-18(15)23(27)28)26-16(2)19(14-25-10-6-3-7-11-25)17-8-4-5-9-21(17)26/h4-5,8-9,12-13H,3,6-7,10-11,14H2,1-2H3,(H,27,28). The third kappa shape index (κ3) is 3.31. The third-order valence-electron chi connectivity index (χ3n) is 5.84. The first-order chi connectivity index (χ1) is 13.5. The number of halogens is 1. The SMILES string of the molecule is Cc1cc(-n2c(C)c(CN3CCCCC3)c3ccccc32)c(Cl)cc1C(=O)O. The second-order valence-electron chi connectivity index (χ2n) is 7.68. The number of carboxylic acids is 1. The maximum absolute atomic E-state index is 11.5. The molecule has 1 aromatic heterocycles. The highest BCUT2D eigenvalue weighted by molar-refractivity contribution is 6.33. The van der Waals surface area contributed by atoms with E-state index >= 15 is 0 Å².